The summed E-state index contributed by atoms with van der Waals surface area (Å²) in [5, 5.41) is 6.82. The predicted molar refractivity (Wildman–Crippen MR) is 118 cm³/mol. The fourth-order valence-corrected chi connectivity index (χ4v) is 3.79. The third-order valence-corrected chi connectivity index (χ3v) is 5.42. The van der Waals surface area contributed by atoms with Crippen LogP contribution in [0.3, 0.4) is 0 Å². The lowest BCUT2D eigenvalue weighted by atomic mass is 10.2. The van der Waals surface area contributed by atoms with Crippen molar-refractivity contribution in [2.75, 3.05) is 12.4 Å². The topological polar surface area (TPSA) is 82.5 Å². The first-order valence-electron chi connectivity index (χ1n) is 10.5. The zero-order chi connectivity index (χ0) is 22.7. The number of methoxy groups -OCH3 is 1. The van der Waals surface area contributed by atoms with E-state index >= 15 is 0 Å². The van der Waals surface area contributed by atoms with Crippen LogP contribution in [0.25, 0.3) is 5.69 Å². The van der Waals surface area contributed by atoms with Gasteiger partial charge in [-0.1, -0.05) is 12.1 Å². The van der Waals surface area contributed by atoms with Crippen molar-refractivity contribution in [1.82, 2.24) is 9.78 Å². The Bertz CT molecular complexity index is 1200. The van der Waals surface area contributed by atoms with E-state index in [-0.39, 0.29) is 17.5 Å². The second-order valence-corrected chi connectivity index (χ2v) is 7.71. The normalized spacial score (nSPS) is 13.7. The molecule has 0 spiro atoms. The maximum Gasteiger partial charge on any atom is 0.280 e. The van der Waals surface area contributed by atoms with Crippen LogP contribution in [0.5, 0.6) is 11.5 Å². The summed E-state index contributed by atoms with van der Waals surface area (Å²) < 4.78 is 26.9. The molecule has 32 heavy (non-hydrogen) atoms. The van der Waals surface area contributed by atoms with Crippen LogP contribution >= 0.6 is 0 Å². The van der Waals surface area contributed by atoms with Gasteiger partial charge in [0, 0.05) is 23.5 Å². The van der Waals surface area contributed by atoms with E-state index in [0.29, 0.717) is 22.9 Å². The van der Waals surface area contributed by atoms with Crippen molar-refractivity contribution in [3.8, 4) is 17.2 Å². The standard InChI is InChI=1S/C24H24FN3O4/c1-15-13-20(29)23(27-28(15)19-10-6-5-9-18(19)25)24(30)26-16-11-12-21(31-2)22(14-16)32-17-7-3-4-8-17/h5-6,9-14,17H,3-4,7-8H2,1-2H3,(H,26,30). The molecule has 0 radical (unpaired) electrons. The Morgan fingerprint density at radius 3 is 2.59 bits per heavy atom. The summed E-state index contributed by atoms with van der Waals surface area (Å²) in [6.45, 7) is 1.62. The first kappa shape index (κ1) is 21.5. The summed E-state index contributed by atoms with van der Waals surface area (Å²) in [4.78, 5) is 25.3. The fraction of sp³-hybridized carbons (Fsp3) is 0.292. The minimum Gasteiger partial charge on any atom is -0.493 e. The first-order valence-corrected chi connectivity index (χ1v) is 10.5. The first-order chi connectivity index (χ1) is 15.5. The van der Waals surface area contributed by atoms with Gasteiger partial charge in [0.1, 0.15) is 11.5 Å². The highest BCUT2D eigenvalue weighted by Gasteiger charge is 2.20. The molecule has 8 heteroatoms. The number of benzene rings is 2. The molecule has 2 aromatic carbocycles. The SMILES string of the molecule is COc1ccc(NC(=O)c2nn(-c3ccccc3F)c(C)cc2=O)cc1OC1CCCC1. The molecule has 7 nitrogen and oxygen atoms in total. The number of carbonyl (C=O) groups excluding carboxylic acids is 1. The van der Waals surface area contributed by atoms with Crippen LogP contribution in [-0.4, -0.2) is 28.9 Å². The maximum atomic E-state index is 14.3. The molecule has 166 valence electrons. The second kappa shape index (κ2) is 9.21. The zero-order valence-electron chi connectivity index (χ0n) is 17.9. The van der Waals surface area contributed by atoms with Crippen LogP contribution < -0.4 is 20.2 Å². The average molecular weight is 437 g/mol. The quantitative estimate of drug-likeness (QED) is 0.623. The molecule has 1 aromatic heterocycles. The Hall–Kier alpha value is -3.68. The van der Waals surface area contributed by atoms with Crippen LogP contribution in [0.15, 0.2) is 53.3 Å². The zero-order valence-corrected chi connectivity index (χ0v) is 17.9. The van der Waals surface area contributed by atoms with Gasteiger partial charge in [0.25, 0.3) is 5.91 Å². The van der Waals surface area contributed by atoms with Crippen molar-refractivity contribution >= 4 is 11.6 Å². The average Bonchev–Trinajstić information content (AvgIpc) is 3.28. The van der Waals surface area contributed by atoms with E-state index in [9.17, 15) is 14.0 Å². The van der Waals surface area contributed by atoms with Crippen molar-refractivity contribution in [2.45, 2.75) is 38.7 Å². The monoisotopic (exact) mass is 437 g/mol. The van der Waals surface area contributed by atoms with Gasteiger partial charge in [0.2, 0.25) is 5.43 Å². The van der Waals surface area contributed by atoms with E-state index in [1.165, 1.54) is 22.9 Å². The number of para-hydroxylation sites is 1. The summed E-state index contributed by atoms with van der Waals surface area (Å²) in [6.07, 6.45) is 4.31. The van der Waals surface area contributed by atoms with Crippen molar-refractivity contribution in [2.24, 2.45) is 0 Å². The molecule has 1 N–H and O–H groups in total. The molecule has 0 saturated heterocycles. The fourth-order valence-electron chi connectivity index (χ4n) is 3.79. The van der Waals surface area contributed by atoms with Gasteiger partial charge < -0.3 is 14.8 Å². The highest BCUT2D eigenvalue weighted by atomic mass is 19.1. The maximum absolute atomic E-state index is 14.3. The number of aromatic nitrogens is 2. The van der Waals surface area contributed by atoms with E-state index in [4.69, 9.17) is 9.47 Å². The van der Waals surface area contributed by atoms with Crippen LogP contribution in [-0.2, 0) is 0 Å². The molecule has 0 aliphatic heterocycles. The Morgan fingerprint density at radius 2 is 1.88 bits per heavy atom. The van der Waals surface area contributed by atoms with E-state index in [2.05, 4.69) is 10.4 Å². The van der Waals surface area contributed by atoms with E-state index < -0.39 is 17.2 Å². The Morgan fingerprint density at radius 1 is 1.12 bits per heavy atom. The molecular formula is C24H24FN3O4. The Balaban J connectivity index is 1.62. The predicted octanol–water partition coefficient (Wildman–Crippen LogP) is 4.26. The number of carbonyl (C=O) groups is 1. The lowest BCUT2D eigenvalue weighted by Crippen LogP contribution is -2.27. The smallest absolute Gasteiger partial charge is 0.280 e. The summed E-state index contributed by atoms with van der Waals surface area (Å²) in [5.41, 5.74) is 0.101. The summed E-state index contributed by atoms with van der Waals surface area (Å²) in [7, 11) is 1.55. The van der Waals surface area contributed by atoms with Gasteiger partial charge in [0.05, 0.1) is 13.2 Å². The van der Waals surface area contributed by atoms with Crippen molar-refractivity contribution in [3.05, 3.63) is 76.0 Å². The molecule has 1 aliphatic carbocycles. The minimum absolute atomic E-state index is 0.113. The molecule has 4 rings (SSSR count). The van der Waals surface area contributed by atoms with Gasteiger partial charge in [-0.15, -0.1) is 0 Å². The highest BCUT2D eigenvalue weighted by molar-refractivity contribution is 6.02. The number of hydrogen-bond donors (Lipinski definition) is 1. The lowest BCUT2D eigenvalue weighted by molar-refractivity contribution is 0.101. The number of nitrogens with zero attached hydrogens (tertiary/aromatic N) is 2. The number of hydrogen-bond acceptors (Lipinski definition) is 5. The van der Waals surface area contributed by atoms with Gasteiger partial charge in [-0.3, -0.25) is 9.59 Å². The number of anilines is 1. The van der Waals surface area contributed by atoms with Gasteiger partial charge >= 0.3 is 0 Å². The van der Waals surface area contributed by atoms with Gasteiger partial charge in [-0.25, -0.2) is 9.07 Å². The summed E-state index contributed by atoms with van der Waals surface area (Å²) in [6, 6.07) is 12.3. The third kappa shape index (κ3) is 4.49. The Kier molecular flexibility index (Phi) is 6.20. The number of nitrogens with one attached hydrogen (secondary N) is 1. The molecule has 0 bridgehead atoms. The molecule has 0 unspecified atom stereocenters. The molecule has 1 aliphatic rings. The lowest BCUT2D eigenvalue weighted by Gasteiger charge is -2.17. The van der Waals surface area contributed by atoms with Crippen molar-refractivity contribution in [1.29, 1.82) is 0 Å². The summed E-state index contributed by atoms with van der Waals surface area (Å²) >= 11 is 0. The van der Waals surface area contributed by atoms with Crippen LogP contribution in [0.1, 0.15) is 41.9 Å². The molecule has 1 saturated carbocycles. The van der Waals surface area contributed by atoms with E-state index in [0.717, 1.165) is 25.7 Å². The molecular weight excluding hydrogens is 413 g/mol. The molecule has 1 fully saturated rings. The largest absolute Gasteiger partial charge is 0.493 e. The molecule has 1 amide bonds. The van der Waals surface area contributed by atoms with Gasteiger partial charge in [-0.05, 0) is 56.9 Å². The van der Waals surface area contributed by atoms with Crippen molar-refractivity contribution < 1.29 is 18.7 Å². The number of aryl methyl sites for hydroxylation is 1. The molecule has 1 heterocycles. The second-order valence-electron chi connectivity index (χ2n) is 7.71. The van der Waals surface area contributed by atoms with Crippen LogP contribution in [0, 0.1) is 12.7 Å². The van der Waals surface area contributed by atoms with E-state index in [1.807, 2.05) is 0 Å². The van der Waals surface area contributed by atoms with Crippen molar-refractivity contribution in [3.63, 3.8) is 0 Å². The number of amides is 1. The number of halogens is 1. The number of ether oxygens (including phenoxy) is 2. The summed E-state index contributed by atoms with van der Waals surface area (Å²) in [5.74, 6) is -0.123. The minimum atomic E-state index is -0.697. The van der Waals surface area contributed by atoms with Gasteiger partial charge in [-0.2, -0.15) is 5.10 Å². The Labute approximate surface area is 184 Å². The highest BCUT2D eigenvalue weighted by Crippen LogP contribution is 2.34. The van der Waals surface area contributed by atoms with E-state index in [1.54, 1.807) is 44.4 Å². The van der Waals surface area contributed by atoms with Crippen LogP contribution in [0.2, 0.25) is 0 Å². The molecule has 3 aromatic rings. The molecule has 0 atom stereocenters. The van der Waals surface area contributed by atoms with Crippen LogP contribution in [0.4, 0.5) is 10.1 Å². The number of rotatable bonds is 6. The van der Waals surface area contributed by atoms with Gasteiger partial charge in [0.15, 0.2) is 17.2 Å². The third-order valence-electron chi connectivity index (χ3n) is 5.42.